The lowest BCUT2D eigenvalue weighted by Gasteiger charge is -2.39. The molecule has 0 aromatic heterocycles. The Kier molecular flexibility index (Phi) is 3.42. The van der Waals surface area contributed by atoms with Crippen molar-refractivity contribution >= 4 is 0 Å². The maximum absolute atomic E-state index is 3.42. The monoisotopic (exact) mass is 197 g/mol. The van der Waals surface area contributed by atoms with Gasteiger partial charge in [0.05, 0.1) is 6.17 Å². The average Bonchev–Trinajstić information content (AvgIpc) is 2.67. The van der Waals surface area contributed by atoms with Crippen molar-refractivity contribution in [2.24, 2.45) is 0 Å². The summed E-state index contributed by atoms with van der Waals surface area (Å²) in [6.45, 7) is 10.7. The molecular formula is C11H23N3. The van der Waals surface area contributed by atoms with Crippen LogP contribution in [0.2, 0.25) is 0 Å². The largest absolute Gasteiger partial charge is 0.314 e. The molecule has 2 saturated heterocycles. The zero-order valence-electron chi connectivity index (χ0n) is 9.50. The Morgan fingerprint density at radius 2 is 1.86 bits per heavy atom. The first kappa shape index (κ1) is 10.4. The second kappa shape index (κ2) is 4.60. The van der Waals surface area contributed by atoms with Crippen molar-refractivity contribution in [1.29, 1.82) is 0 Å². The summed E-state index contributed by atoms with van der Waals surface area (Å²) in [5.74, 6) is 0. The fourth-order valence-corrected chi connectivity index (χ4v) is 2.75. The van der Waals surface area contributed by atoms with Gasteiger partial charge in [0, 0.05) is 38.8 Å². The molecule has 0 aromatic rings. The molecule has 2 heterocycles. The van der Waals surface area contributed by atoms with Crippen molar-refractivity contribution < 1.29 is 0 Å². The summed E-state index contributed by atoms with van der Waals surface area (Å²) in [6, 6.07) is 0.706. The number of rotatable bonds is 2. The van der Waals surface area contributed by atoms with E-state index < -0.39 is 0 Å². The maximum Gasteiger partial charge on any atom is 0.0625 e. The van der Waals surface area contributed by atoms with Crippen molar-refractivity contribution in [2.75, 3.05) is 32.7 Å². The first-order valence-electron chi connectivity index (χ1n) is 5.99. The van der Waals surface area contributed by atoms with Crippen LogP contribution in [0.4, 0.5) is 0 Å². The highest BCUT2D eigenvalue weighted by Crippen LogP contribution is 2.23. The Morgan fingerprint density at radius 1 is 1.14 bits per heavy atom. The van der Waals surface area contributed by atoms with Gasteiger partial charge in [-0.3, -0.25) is 9.80 Å². The van der Waals surface area contributed by atoms with E-state index in [-0.39, 0.29) is 0 Å². The van der Waals surface area contributed by atoms with Gasteiger partial charge >= 0.3 is 0 Å². The maximum atomic E-state index is 3.42. The Labute approximate surface area is 87.4 Å². The van der Waals surface area contributed by atoms with Crippen LogP contribution >= 0.6 is 0 Å². The van der Waals surface area contributed by atoms with Gasteiger partial charge in [0.1, 0.15) is 0 Å². The molecule has 1 unspecified atom stereocenters. The van der Waals surface area contributed by atoms with Crippen molar-refractivity contribution in [1.82, 2.24) is 15.1 Å². The minimum absolute atomic E-state index is 0.706. The highest BCUT2D eigenvalue weighted by molar-refractivity contribution is 4.84. The summed E-state index contributed by atoms with van der Waals surface area (Å²) in [7, 11) is 0. The molecule has 2 rings (SSSR count). The van der Waals surface area contributed by atoms with Crippen molar-refractivity contribution in [3.8, 4) is 0 Å². The normalized spacial score (nSPS) is 31.5. The van der Waals surface area contributed by atoms with Crippen LogP contribution in [0.5, 0.6) is 0 Å². The van der Waals surface area contributed by atoms with E-state index in [9.17, 15) is 0 Å². The summed E-state index contributed by atoms with van der Waals surface area (Å²) in [5, 5.41) is 3.42. The summed E-state index contributed by atoms with van der Waals surface area (Å²) in [6.07, 6.45) is 3.49. The standard InChI is InChI=1S/C11H23N3/c1-10(2)14-7-3-4-11(14)13-8-5-12-6-9-13/h10-12H,3-9H2,1-2H3. The smallest absolute Gasteiger partial charge is 0.0625 e. The topological polar surface area (TPSA) is 18.5 Å². The zero-order chi connectivity index (χ0) is 9.97. The molecule has 2 aliphatic rings. The first-order valence-corrected chi connectivity index (χ1v) is 5.99. The molecular weight excluding hydrogens is 174 g/mol. The Hall–Kier alpha value is -0.120. The van der Waals surface area contributed by atoms with Crippen LogP contribution in [-0.4, -0.2) is 54.7 Å². The molecule has 0 aliphatic carbocycles. The van der Waals surface area contributed by atoms with Gasteiger partial charge in [-0.2, -0.15) is 0 Å². The second-order valence-electron chi connectivity index (χ2n) is 4.74. The Morgan fingerprint density at radius 3 is 2.50 bits per heavy atom. The SMILES string of the molecule is CC(C)N1CCCC1N1CCNCC1. The molecule has 0 amide bonds. The van der Waals surface area contributed by atoms with Gasteiger partial charge in [-0.05, 0) is 26.7 Å². The number of hydrogen-bond acceptors (Lipinski definition) is 3. The van der Waals surface area contributed by atoms with Gasteiger partial charge in [-0.15, -0.1) is 0 Å². The number of nitrogens with zero attached hydrogens (tertiary/aromatic N) is 2. The molecule has 0 radical (unpaired) electrons. The number of nitrogens with one attached hydrogen (secondary N) is 1. The third-order valence-electron chi connectivity index (χ3n) is 3.50. The van der Waals surface area contributed by atoms with Crippen LogP contribution in [0, 0.1) is 0 Å². The quantitative estimate of drug-likeness (QED) is 0.704. The molecule has 3 nitrogen and oxygen atoms in total. The van der Waals surface area contributed by atoms with Gasteiger partial charge in [0.25, 0.3) is 0 Å². The molecule has 0 bridgehead atoms. The Bertz CT molecular complexity index is 175. The Balaban J connectivity index is 1.94. The van der Waals surface area contributed by atoms with Crippen LogP contribution in [0.15, 0.2) is 0 Å². The summed E-state index contributed by atoms with van der Waals surface area (Å²) >= 11 is 0. The minimum atomic E-state index is 0.706. The molecule has 3 heteroatoms. The number of hydrogen-bond donors (Lipinski definition) is 1. The van der Waals surface area contributed by atoms with Gasteiger partial charge in [-0.25, -0.2) is 0 Å². The highest BCUT2D eigenvalue weighted by atomic mass is 15.4. The van der Waals surface area contributed by atoms with E-state index in [1.54, 1.807) is 0 Å². The van der Waals surface area contributed by atoms with Crippen LogP contribution in [0.1, 0.15) is 26.7 Å². The third kappa shape index (κ3) is 2.10. The lowest BCUT2D eigenvalue weighted by Crippen LogP contribution is -2.54. The minimum Gasteiger partial charge on any atom is -0.314 e. The molecule has 82 valence electrons. The molecule has 1 N–H and O–H groups in total. The summed E-state index contributed by atoms with van der Waals surface area (Å²) in [4.78, 5) is 5.31. The van der Waals surface area contributed by atoms with Crippen LogP contribution < -0.4 is 5.32 Å². The van der Waals surface area contributed by atoms with Gasteiger partial charge in [0.15, 0.2) is 0 Å². The second-order valence-corrected chi connectivity index (χ2v) is 4.74. The zero-order valence-corrected chi connectivity index (χ0v) is 9.50. The predicted octanol–water partition coefficient (Wildman–Crippen LogP) is 0.722. The molecule has 0 saturated carbocycles. The predicted molar refractivity (Wildman–Crippen MR) is 59.3 cm³/mol. The molecule has 2 aliphatic heterocycles. The van der Waals surface area contributed by atoms with Crippen molar-refractivity contribution in [3.05, 3.63) is 0 Å². The molecule has 0 spiro atoms. The molecule has 2 fully saturated rings. The van der Waals surface area contributed by atoms with E-state index in [1.165, 1.54) is 45.6 Å². The molecule has 1 atom stereocenters. The van der Waals surface area contributed by atoms with E-state index in [0.717, 1.165) is 6.17 Å². The highest BCUT2D eigenvalue weighted by Gasteiger charge is 2.31. The van der Waals surface area contributed by atoms with Gasteiger partial charge in [-0.1, -0.05) is 0 Å². The van der Waals surface area contributed by atoms with Crippen LogP contribution in [0.3, 0.4) is 0 Å². The van der Waals surface area contributed by atoms with Gasteiger partial charge < -0.3 is 5.32 Å². The van der Waals surface area contributed by atoms with E-state index in [2.05, 4.69) is 29.0 Å². The van der Waals surface area contributed by atoms with Gasteiger partial charge in [0.2, 0.25) is 0 Å². The third-order valence-corrected chi connectivity index (χ3v) is 3.50. The van der Waals surface area contributed by atoms with E-state index in [1.807, 2.05) is 0 Å². The number of likely N-dealkylation sites (tertiary alicyclic amines) is 1. The number of piperazine rings is 1. The van der Waals surface area contributed by atoms with E-state index in [0.29, 0.717) is 6.04 Å². The average molecular weight is 197 g/mol. The lowest BCUT2D eigenvalue weighted by molar-refractivity contribution is 0.0452. The fourth-order valence-electron chi connectivity index (χ4n) is 2.75. The lowest BCUT2D eigenvalue weighted by atomic mass is 10.2. The summed E-state index contributed by atoms with van der Waals surface area (Å²) < 4.78 is 0. The van der Waals surface area contributed by atoms with Crippen molar-refractivity contribution in [2.45, 2.75) is 38.9 Å². The van der Waals surface area contributed by atoms with Crippen LogP contribution in [0.25, 0.3) is 0 Å². The molecule has 14 heavy (non-hydrogen) atoms. The first-order chi connectivity index (χ1) is 6.79. The van der Waals surface area contributed by atoms with Crippen LogP contribution in [-0.2, 0) is 0 Å². The molecule has 0 aromatic carbocycles. The summed E-state index contributed by atoms with van der Waals surface area (Å²) in [5.41, 5.74) is 0. The van der Waals surface area contributed by atoms with E-state index in [4.69, 9.17) is 0 Å². The fraction of sp³-hybridized carbons (Fsp3) is 1.00. The van der Waals surface area contributed by atoms with Crippen molar-refractivity contribution in [3.63, 3.8) is 0 Å². The van der Waals surface area contributed by atoms with E-state index >= 15 is 0 Å².